The molecule has 6 heteroatoms. The van der Waals surface area contributed by atoms with E-state index in [9.17, 15) is 9.59 Å². The van der Waals surface area contributed by atoms with E-state index in [1.54, 1.807) is 18.8 Å². The first-order chi connectivity index (χ1) is 14.0. The molecule has 0 fully saturated rings. The number of esters is 1. The van der Waals surface area contributed by atoms with E-state index < -0.39 is 18.2 Å². The van der Waals surface area contributed by atoms with Crippen molar-refractivity contribution in [3.8, 4) is 0 Å². The lowest BCUT2D eigenvalue weighted by Gasteiger charge is -2.22. The van der Waals surface area contributed by atoms with Gasteiger partial charge in [0.2, 0.25) is 6.10 Å². The fraction of sp³-hybridized carbons (Fsp3) is 0.391. The Bertz CT molecular complexity index is 752. The van der Waals surface area contributed by atoms with Crippen LogP contribution in [0.2, 0.25) is 0 Å². The van der Waals surface area contributed by atoms with Crippen molar-refractivity contribution < 1.29 is 19.1 Å². The van der Waals surface area contributed by atoms with Gasteiger partial charge in [-0.2, -0.15) is 11.8 Å². The molecule has 5 nitrogen and oxygen atoms in total. The second-order valence-corrected chi connectivity index (χ2v) is 8.68. The molecule has 2 aromatic rings. The summed E-state index contributed by atoms with van der Waals surface area (Å²) in [4.78, 5) is 26.6. The topological polar surface area (TPSA) is 55.8 Å². The number of benzene rings is 2. The zero-order valence-corrected chi connectivity index (χ0v) is 18.1. The minimum Gasteiger partial charge on any atom is -0.458 e. The molecular formula is C23H29NO4S. The number of nitrogens with zero attached hydrogens (tertiary/aromatic N) is 1. The van der Waals surface area contributed by atoms with Gasteiger partial charge in [0.1, 0.15) is 6.61 Å². The summed E-state index contributed by atoms with van der Waals surface area (Å²) in [6.07, 6.45) is -1.24. The van der Waals surface area contributed by atoms with Crippen LogP contribution >= 0.6 is 11.8 Å². The van der Waals surface area contributed by atoms with Gasteiger partial charge in [-0.15, -0.1) is 0 Å². The zero-order chi connectivity index (χ0) is 21.1. The maximum Gasteiger partial charge on any atom is 0.410 e. The highest BCUT2D eigenvalue weighted by Crippen LogP contribution is 2.13. The molecule has 0 saturated heterocycles. The molecule has 0 aliphatic rings. The molecule has 0 heterocycles. The number of hydrogen-bond acceptors (Lipinski definition) is 5. The largest absolute Gasteiger partial charge is 0.458 e. The van der Waals surface area contributed by atoms with Crippen LogP contribution in [0.1, 0.15) is 25.0 Å². The Morgan fingerprint density at radius 2 is 1.55 bits per heavy atom. The van der Waals surface area contributed by atoms with Crippen LogP contribution in [0.3, 0.4) is 0 Å². The summed E-state index contributed by atoms with van der Waals surface area (Å²) in [5.41, 5.74) is 1.79. The normalized spacial score (nSPS) is 11.7. The van der Waals surface area contributed by atoms with Crippen molar-refractivity contribution >= 4 is 23.8 Å². The molecule has 0 aromatic heterocycles. The fourth-order valence-electron chi connectivity index (χ4n) is 2.55. The van der Waals surface area contributed by atoms with Crippen LogP contribution in [-0.4, -0.2) is 47.7 Å². The second-order valence-electron chi connectivity index (χ2n) is 7.00. The monoisotopic (exact) mass is 415 g/mol. The van der Waals surface area contributed by atoms with Gasteiger partial charge < -0.3 is 14.4 Å². The molecule has 0 bridgehead atoms. The third-order valence-electron chi connectivity index (χ3n) is 4.18. The summed E-state index contributed by atoms with van der Waals surface area (Å²) in [6.45, 7) is 4.92. The Hall–Kier alpha value is -2.47. The van der Waals surface area contributed by atoms with Gasteiger partial charge in [0.05, 0.1) is 0 Å². The van der Waals surface area contributed by atoms with Crippen molar-refractivity contribution in [3.63, 3.8) is 0 Å². The van der Waals surface area contributed by atoms with Gasteiger partial charge in [-0.3, -0.25) is 0 Å². The van der Waals surface area contributed by atoms with Crippen LogP contribution in [0.15, 0.2) is 60.7 Å². The van der Waals surface area contributed by atoms with E-state index in [0.29, 0.717) is 11.8 Å². The van der Waals surface area contributed by atoms with E-state index in [-0.39, 0.29) is 13.0 Å². The van der Waals surface area contributed by atoms with E-state index in [0.717, 1.165) is 16.9 Å². The fourth-order valence-corrected chi connectivity index (χ4v) is 3.40. The zero-order valence-electron chi connectivity index (χ0n) is 17.2. The van der Waals surface area contributed by atoms with Gasteiger partial charge in [-0.05, 0) is 16.4 Å². The lowest BCUT2D eigenvalue weighted by atomic mass is 10.1. The van der Waals surface area contributed by atoms with Gasteiger partial charge in [0.25, 0.3) is 0 Å². The number of thioether (sulfide) groups is 1. The number of hydrogen-bond donors (Lipinski definition) is 0. The average molecular weight is 416 g/mol. The maximum atomic E-state index is 12.7. The van der Waals surface area contributed by atoms with E-state index >= 15 is 0 Å². The first kappa shape index (κ1) is 22.8. The molecule has 0 aliphatic carbocycles. The standard InChI is InChI=1S/C23H29NO4S/c1-18(2)29-15-14-24(3)23(26)28-21(16-19-10-6-4-7-11-19)22(25)27-17-20-12-8-5-9-13-20/h4-13,18,21H,14-17H2,1-3H3/t21-/m0/s1. The molecule has 0 saturated carbocycles. The summed E-state index contributed by atoms with van der Waals surface area (Å²) in [5.74, 6) is 0.265. The number of carbonyl (C=O) groups excluding carboxylic acids is 2. The average Bonchev–Trinajstić information content (AvgIpc) is 2.72. The van der Waals surface area contributed by atoms with Gasteiger partial charge in [0, 0.05) is 25.8 Å². The predicted molar refractivity (Wildman–Crippen MR) is 117 cm³/mol. The van der Waals surface area contributed by atoms with Crippen LogP contribution in [-0.2, 0) is 27.3 Å². The van der Waals surface area contributed by atoms with Gasteiger partial charge in [-0.25, -0.2) is 9.59 Å². The first-order valence-corrected chi connectivity index (χ1v) is 10.8. The molecule has 29 heavy (non-hydrogen) atoms. The van der Waals surface area contributed by atoms with Crippen molar-refractivity contribution in [1.82, 2.24) is 4.90 Å². The molecular weight excluding hydrogens is 386 g/mol. The first-order valence-electron chi connectivity index (χ1n) is 9.73. The van der Waals surface area contributed by atoms with Crippen molar-refractivity contribution in [2.24, 2.45) is 0 Å². The summed E-state index contributed by atoms with van der Waals surface area (Å²) in [7, 11) is 1.68. The smallest absolute Gasteiger partial charge is 0.410 e. The maximum absolute atomic E-state index is 12.7. The van der Waals surface area contributed by atoms with E-state index in [4.69, 9.17) is 9.47 Å². The van der Waals surface area contributed by atoms with E-state index in [1.807, 2.05) is 60.7 Å². The number of amides is 1. The Morgan fingerprint density at radius 1 is 0.966 bits per heavy atom. The van der Waals surface area contributed by atoms with Crippen LogP contribution in [0.5, 0.6) is 0 Å². The quantitative estimate of drug-likeness (QED) is 0.533. The van der Waals surface area contributed by atoms with Crippen molar-refractivity contribution in [2.75, 3.05) is 19.3 Å². The van der Waals surface area contributed by atoms with Crippen molar-refractivity contribution in [1.29, 1.82) is 0 Å². The molecule has 0 radical (unpaired) electrons. The van der Waals surface area contributed by atoms with Gasteiger partial charge in [0.15, 0.2) is 0 Å². The molecule has 0 N–H and O–H groups in total. The molecule has 0 spiro atoms. The summed E-state index contributed by atoms with van der Waals surface area (Å²) < 4.78 is 10.9. The molecule has 156 valence electrons. The van der Waals surface area contributed by atoms with Crippen molar-refractivity contribution in [2.45, 2.75) is 38.2 Å². The molecule has 0 unspecified atom stereocenters. The van der Waals surface area contributed by atoms with Crippen LogP contribution in [0.4, 0.5) is 4.79 Å². The Balaban J connectivity index is 1.98. The van der Waals surface area contributed by atoms with Gasteiger partial charge >= 0.3 is 12.1 Å². The van der Waals surface area contributed by atoms with E-state index in [1.165, 1.54) is 4.90 Å². The lowest BCUT2D eigenvalue weighted by Crippen LogP contribution is -2.37. The number of carbonyl (C=O) groups is 2. The molecule has 1 atom stereocenters. The van der Waals surface area contributed by atoms with E-state index in [2.05, 4.69) is 13.8 Å². The molecule has 2 rings (SSSR count). The van der Waals surface area contributed by atoms with Gasteiger partial charge in [-0.1, -0.05) is 74.5 Å². The Kier molecular flexibility index (Phi) is 9.57. The molecule has 1 amide bonds. The third-order valence-corrected chi connectivity index (χ3v) is 5.27. The van der Waals surface area contributed by atoms with Crippen LogP contribution in [0.25, 0.3) is 0 Å². The molecule has 2 aromatic carbocycles. The molecule has 0 aliphatic heterocycles. The summed E-state index contributed by atoms with van der Waals surface area (Å²) in [6, 6.07) is 18.9. The third kappa shape index (κ3) is 8.60. The minimum atomic E-state index is -0.992. The highest BCUT2D eigenvalue weighted by Gasteiger charge is 2.26. The van der Waals surface area contributed by atoms with Crippen LogP contribution < -0.4 is 0 Å². The highest BCUT2D eigenvalue weighted by atomic mass is 32.2. The number of ether oxygens (including phenoxy) is 2. The lowest BCUT2D eigenvalue weighted by molar-refractivity contribution is -0.155. The SMILES string of the molecule is CC(C)SCCN(C)C(=O)O[C@@H](Cc1ccccc1)C(=O)OCc1ccccc1. The number of rotatable bonds is 10. The highest BCUT2D eigenvalue weighted by molar-refractivity contribution is 7.99. The minimum absolute atomic E-state index is 0.142. The second kappa shape index (κ2) is 12.2. The summed E-state index contributed by atoms with van der Waals surface area (Å²) >= 11 is 1.77. The van der Waals surface area contributed by atoms with Crippen molar-refractivity contribution in [3.05, 3.63) is 71.8 Å². The van der Waals surface area contributed by atoms with Crippen LogP contribution in [0, 0.1) is 0 Å². The summed E-state index contributed by atoms with van der Waals surface area (Å²) in [5, 5.41) is 0.498. The Morgan fingerprint density at radius 3 is 2.14 bits per heavy atom. The predicted octanol–water partition coefficient (Wildman–Crippen LogP) is 4.55. The Labute approximate surface area is 177 Å².